The van der Waals surface area contributed by atoms with Crippen molar-refractivity contribution in [2.45, 2.75) is 41.0 Å². The summed E-state index contributed by atoms with van der Waals surface area (Å²) in [6.07, 6.45) is 4.45. The lowest BCUT2D eigenvalue weighted by atomic mass is 10.2. The highest BCUT2D eigenvalue weighted by molar-refractivity contribution is 7.99. The maximum atomic E-state index is 13.1. The van der Waals surface area contributed by atoms with Gasteiger partial charge in [-0.05, 0) is 61.7 Å². The monoisotopic (exact) mass is 467 g/mol. The first-order valence-corrected chi connectivity index (χ1v) is 12.8. The summed E-state index contributed by atoms with van der Waals surface area (Å²) in [5.41, 5.74) is 1.70. The lowest BCUT2D eigenvalue weighted by Crippen LogP contribution is -2.35. The number of hydrogen-bond acceptors (Lipinski definition) is 5. The van der Waals surface area contributed by atoms with E-state index in [9.17, 15) is 13.2 Å². The highest BCUT2D eigenvalue weighted by Crippen LogP contribution is 2.30. The van der Waals surface area contributed by atoms with Crippen LogP contribution in [0.25, 0.3) is 0 Å². The van der Waals surface area contributed by atoms with Crippen LogP contribution >= 0.6 is 11.8 Å². The normalized spacial score (nSPS) is 14.8. The number of benzene rings is 2. The van der Waals surface area contributed by atoms with Gasteiger partial charge in [0, 0.05) is 29.9 Å². The van der Waals surface area contributed by atoms with Crippen molar-refractivity contribution in [2.75, 3.05) is 18.4 Å². The fourth-order valence-corrected chi connectivity index (χ4v) is 6.03. The number of amides is 1. The van der Waals surface area contributed by atoms with Crippen molar-refractivity contribution in [3.63, 3.8) is 0 Å². The summed E-state index contributed by atoms with van der Waals surface area (Å²) >= 11 is 1.41. The van der Waals surface area contributed by atoms with Gasteiger partial charge in [-0.1, -0.05) is 42.4 Å². The second-order valence-electron chi connectivity index (χ2n) is 7.67. The molecule has 1 fully saturated rings. The molecule has 3 aromatic rings. The van der Waals surface area contributed by atoms with Crippen molar-refractivity contribution in [3.8, 4) is 0 Å². The van der Waals surface area contributed by atoms with Crippen LogP contribution in [0.5, 0.6) is 0 Å². The smallest absolute Gasteiger partial charge is 0.258 e. The summed E-state index contributed by atoms with van der Waals surface area (Å²) in [5, 5.41) is 3.48. The van der Waals surface area contributed by atoms with E-state index in [1.165, 1.54) is 16.1 Å². The number of rotatable bonds is 6. The Kier molecular flexibility index (Phi) is 6.93. The van der Waals surface area contributed by atoms with E-state index in [0.717, 1.165) is 29.7 Å². The third-order valence-corrected chi connectivity index (χ3v) is 8.30. The molecular formula is C24H25N3O3S2. The zero-order chi connectivity index (χ0) is 22.6. The minimum atomic E-state index is -3.59. The van der Waals surface area contributed by atoms with Gasteiger partial charge in [0.25, 0.3) is 5.91 Å². The van der Waals surface area contributed by atoms with E-state index >= 15 is 0 Å². The Bertz CT molecular complexity index is 1210. The van der Waals surface area contributed by atoms with Crippen molar-refractivity contribution in [1.82, 2.24) is 9.29 Å². The van der Waals surface area contributed by atoms with Gasteiger partial charge >= 0.3 is 0 Å². The van der Waals surface area contributed by atoms with E-state index in [1.54, 1.807) is 36.5 Å². The Morgan fingerprint density at radius 2 is 1.75 bits per heavy atom. The maximum Gasteiger partial charge on any atom is 0.258 e. The molecule has 0 radical (unpaired) electrons. The summed E-state index contributed by atoms with van der Waals surface area (Å²) in [6, 6.07) is 18.0. The summed E-state index contributed by atoms with van der Waals surface area (Å²) in [6.45, 7) is 2.91. The highest BCUT2D eigenvalue weighted by atomic mass is 32.2. The zero-order valence-corrected chi connectivity index (χ0v) is 19.5. The predicted octanol–water partition coefficient (Wildman–Crippen LogP) is 4.97. The number of aryl methyl sites for hydroxylation is 1. The van der Waals surface area contributed by atoms with Gasteiger partial charge in [0.1, 0.15) is 5.03 Å². The molecule has 0 saturated carbocycles. The van der Waals surface area contributed by atoms with Crippen LogP contribution in [0.2, 0.25) is 0 Å². The molecule has 32 heavy (non-hydrogen) atoms. The molecule has 166 valence electrons. The molecule has 8 heteroatoms. The molecule has 0 unspecified atom stereocenters. The minimum Gasteiger partial charge on any atom is -0.322 e. The molecule has 1 aromatic heterocycles. The topological polar surface area (TPSA) is 79.4 Å². The summed E-state index contributed by atoms with van der Waals surface area (Å²) in [7, 11) is -3.59. The van der Waals surface area contributed by atoms with Crippen LogP contribution in [-0.4, -0.2) is 36.7 Å². The first-order chi connectivity index (χ1) is 15.4. The van der Waals surface area contributed by atoms with Gasteiger partial charge in [0.05, 0.1) is 10.5 Å². The fourth-order valence-electron chi connectivity index (χ4n) is 3.59. The maximum absolute atomic E-state index is 13.1. The molecule has 0 atom stereocenters. The average molecular weight is 468 g/mol. The van der Waals surface area contributed by atoms with E-state index in [4.69, 9.17) is 0 Å². The number of sulfonamides is 1. The van der Waals surface area contributed by atoms with Gasteiger partial charge in [0.2, 0.25) is 10.0 Å². The lowest BCUT2D eigenvalue weighted by Gasteiger charge is -2.26. The van der Waals surface area contributed by atoms with Gasteiger partial charge in [-0.15, -0.1) is 0 Å². The van der Waals surface area contributed by atoms with Crippen LogP contribution in [0.15, 0.2) is 81.7 Å². The van der Waals surface area contributed by atoms with Crippen LogP contribution in [0.1, 0.15) is 35.2 Å². The molecule has 6 nitrogen and oxygen atoms in total. The quantitative estimate of drug-likeness (QED) is 0.554. The minimum absolute atomic E-state index is 0.199. The van der Waals surface area contributed by atoms with Crippen molar-refractivity contribution < 1.29 is 13.2 Å². The van der Waals surface area contributed by atoms with E-state index in [1.807, 2.05) is 37.3 Å². The molecule has 2 heterocycles. The molecule has 1 aliphatic heterocycles. The van der Waals surface area contributed by atoms with Crippen LogP contribution in [0.3, 0.4) is 0 Å². The standard InChI is InChI=1S/C24H25N3O3S2/c1-18-12-13-20(32(29,30)27-15-6-3-7-16-27)17-22(18)26-23(28)21-11-8-14-25-24(21)31-19-9-4-2-5-10-19/h2,4-5,8-14,17H,3,6-7,15-16H2,1H3,(H,26,28). The SMILES string of the molecule is Cc1ccc(S(=O)(=O)N2CCCCC2)cc1NC(=O)c1cccnc1Sc1ccccc1. The van der Waals surface area contributed by atoms with Crippen molar-refractivity contribution in [3.05, 3.63) is 78.0 Å². The molecule has 0 bridgehead atoms. The second kappa shape index (κ2) is 9.85. The Morgan fingerprint density at radius 1 is 1.00 bits per heavy atom. The molecule has 1 saturated heterocycles. The Morgan fingerprint density at radius 3 is 2.50 bits per heavy atom. The summed E-state index contributed by atoms with van der Waals surface area (Å²) in [5.74, 6) is -0.327. The number of aromatic nitrogens is 1. The Labute approximate surface area is 193 Å². The number of piperidine rings is 1. The second-order valence-corrected chi connectivity index (χ2v) is 10.7. The molecule has 2 aromatic carbocycles. The van der Waals surface area contributed by atoms with Crippen LogP contribution < -0.4 is 5.32 Å². The van der Waals surface area contributed by atoms with Crippen LogP contribution in [0.4, 0.5) is 5.69 Å². The van der Waals surface area contributed by atoms with E-state index < -0.39 is 10.0 Å². The van der Waals surface area contributed by atoms with Crippen LogP contribution in [-0.2, 0) is 10.0 Å². The summed E-state index contributed by atoms with van der Waals surface area (Å²) in [4.78, 5) is 18.7. The Hall–Kier alpha value is -2.68. The molecule has 0 spiro atoms. The van der Waals surface area contributed by atoms with E-state index in [-0.39, 0.29) is 10.8 Å². The highest BCUT2D eigenvalue weighted by Gasteiger charge is 2.26. The number of pyridine rings is 1. The third kappa shape index (κ3) is 5.03. The molecular weight excluding hydrogens is 442 g/mol. The van der Waals surface area contributed by atoms with Crippen molar-refractivity contribution >= 4 is 33.4 Å². The van der Waals surface area contributed by atoms with Crippen molar-refractivity contribution in [2.24, 2.45) is 0 Å². The Balaban J connectivity index is 1.58. The molecule has 1 N–H and O–H groups in total. The average Bonchev–Trinajstić information content (AvgIpc) is 2.82. The zero-order valence-electron chi connectivity index (χ0n) is 17.8. The van der Waals surface area contributed by atoms with Crippen LogP contribution in [0, 0.1) is 6.92 Å². The number of nitrogens with one attached hydrogen (secondary N) is 1. The van der Waals surface area contributed by atoms with Gasteiger partial charge in [-0.2, -0.15) is 4.31 Å². The first-order valence-electron chi connectivity index (χ1n) is 10.6. The van der Waals surface area contributed by atoms with Gasteiger partial charge in [-0.3, -0.25) is 4.79 Å². The lowest BCUT2D eigenvalue weighted by molar-refractivity contribution is 0.102. The van der Waals surface area contributed by atoms with Gasteiger partial charge in [-0.25, -0.2) is 13.4 Å². The van der Waals surface area contributed by atoms with Gasteiger partial charge < -0.3 is 5.32 Å². The third-order valence-electron chi connectivity index (χ3n) is 5.38. The largest absolute Gasteiger partial charge is 0.322 e. The molecule has 0 aliphatic carbocycles. The summed E-state index contributed by atoms with van der Waals surface area (Å²) < 4.78 is 27.7. The molecule has 1 amide bonds. The van der Waals surface area contributed by atoms with Crippen molar-refractivity contribution in [1.29, 1.82) is 0 Å². The van der Waals surface area contributed by atoms with E-state index in [0.29, 0.717) is 29.4 Å². The molecule has 4 rings (SSSR count). The fraction of sp³-hybridized carbons (Fsp3) is 0.250. The first kappa shape index (κ1) is 22.5. The number of anilines is 1. The van der Waals surface area contributed by atoms with E-state index in [2.05, 4.69) is 10.3 Å². The molecule has 1 aliphatic rings. The number of carbonyl (C=O) groups excluding carboxylic acids is 1. The predicted molar refractivity (Wildman–Crippen MR) is 127 cm³/mol. The number of carbonyl (C=O) groups is 1. The number of hydrogen-bond donors (Lipinski definition) is 1. The van der Waals surface area contributed by atoms with Gasteiger partial charge in [0.15, 0.2) is 0 Å². The number of nitrogens with zero attached hydrogens (tertiary/aromatic N) is 2.